The molecule has 3 heteroatoms. The molecule has 0 radical (unpaired) electrons. The Balaban J connectivity index is 1.74. The molecule has 116 valence electrons. The fraction of sp³-hybridized carbons (Fsp3) is 0.421. The topological polar surface area (TPSA) is 29.5 Å². The molecule has 1 aliphatic heterocycles. The number of nitrogens with zero attached hydrogens (tertiary/aromatic N) is 1. The summed E-state index contributed by atoms with van der Waals surface area (Å²) in [5.41, 5.74) is 1.35. The van der Waals surface area contributed by atoms with Crippen LogP contribution in [0.15, 0.2) is 42.5 Å². The summed E-state index contributed by atoms with van der Waals surface area (Å²) in [5, 5.41) is 2.60. The molecule has 1 fully saturated rings. The highest BCUT2D eigenvalue weighted by Crippen LogP contribution is 2.22. The molecule has 0 amide bonds. The van der Waals surface area contributed by atoms with Crippen LogP contribution in [-0.4, -0.2) is 37.1 Å². The third-order valence-electron chi connectivity index (χ3n) is 4.64. The summed E-state index contributed by atoms with van der Waals surface area (Å²) in [6.07, 6.45) is 4.17. The van der Waals surface area contributed by atoms with Gasteiger partial charge >= 0.3 is 5.97 Å². The number of esters is 1. The largest absolute Gasteiger partial charge is 0.468 e. The van der Waals surface area contributed by atoms with Crippen molar-refractivity contribution in [1.82, 2.24) is 4.90 Å². The van der Waals surface area contributed by atoms with Gasteiger partial charge in [0.1, 0.15) is 6.04 Å². The molecule has 2 aromatic rings. The van der Waals surface area contributed by atoms with Crippen molar-refractivity contribution in [2.45, 2.75) is 31.7 Å². The number of hydrogen-bond acceptors (Lipinski definition) is 3. The number of ether oxygens (including phenoxy) is 1. The molecule has 3 nitrogen and oxygen atoms in total. The van der Waals surface area contributed by atoms with Crippen LogP contribution in [-0.2, 0) is 16.0 Å². The van der Waals surface area contributed by atoms with Gasteiger partial charge < -0.3 is 4.74 Å². The summed E-state index contributed by atoms with van der Waals surface area (Å²) >= 11 is 0. The highest BCUT2D eigenvalue weighted by atomic mass is 16.5. The van der Waals surface area contributed by atoms with Gasteiger partial charge in [0, 0.05) is 6.54 Å². The van der Waals surface area contributed by atoms with Crippen molar-refractivity contribution in [1.29, 1.82) is 0 Å². The zero-order chi connectivity index (χ0) is 15.4. The van der Waals surface area contributed by atoms with E-state index in [9.17, 15) is 4.79 Å². The maximum absolute atomic E-state index is 11.9. The van der Waals surface area contributed by atoms with Gasteiger partial charge in [-0.1, -0.05) is 48.9 Å². The molecule has 1 atom stereocenters. The van der Waals surface area contributed by atoms with Gasteiger partial charge in [0.05, 0.1) is 7.11 Å². The van der Waals surface area contributed by atoms with Crippen molar-refractivity contribution in [3.63, 3.8) is 0 Å². The van der Waals surface area contributed by atoms with E-state index in [1.807, 2.05) is 0 Å². The number of benzene rings is 2. The van der Waals surface area contributed by atoms with Gasteiger partial charge in [0.2, 0.25) is 0 Å². The number of methoxy groups -OCH3 is 1. The van der Waals surface area contributed by atoms with Crippen LogP contribution in [0.2, 0.25) is 0 Å². The molecule has 3 rings (SSSR count). The number of hydrogen-bond donors (Lipinski definition) is 0. The standard InChI is InChI=1S/C19H23NO2/c1-22-19(21)18-11-4-5-13-20(18)14-12-16-9-6-8-15-7-2-3-10-17(15)16/h2-3,6-10,18H,4-5,11-14H2,1H3. The van der Waals surface area contributed by atoms with E-state index in [0.29, 0.717) is 0 Å². The summed E-state index contributed by atoms with van der Waals surface area (Å²) < 4.78 is 4.96. The van der Waals surface area contributed by atoms with Crippen LogP contribution >= 0.6 is 0 Å². The maximum Gasteiger partial charge on any atom is 0.323 e. The number of rotatable bonds is 4. The predicted molar refractivity (Wildman–Crippen MR) is 88.9 cm³/mol. The highest BCUT2D eigenvalue weighted by Gasteiger charge is 2.28. The van der Waals surface area contributed by atoms with Crippen LogP contribution in [0, 0.1) is 0 Å². The molecule has 0 N–H and O–H groups in total. The number of piperidine rings is 1. The lowest BCUT2D eigenvalue weighted by atomic mass is 9.99. The smallest absolute Gasteiger partial charge is 0.323 e. The Morgan fingerprint density at radius 1 is 1.18 bits per heavy atom. The van der Waals surface area contributed by atoms with E-state index in [4.69, 9.17) is 4.74 Å². The molecule has 0 saturated carbocycles. The summed E-state index contributed by atoms with van der Waals surface area (Å²) in [4.78, 5) is 14.2. The number of fused-ring (bicyclic) bond motifs is 1. The summed E-state index contributed by atoms with van der Waals surface area (Å²) in [6.45, 7) is 1.90. The van der Waals surface area contributed by atoms with E-state index in [1.165, 1.54) is 29.9 Å². The molecule has 22 heavy (non-hydrogen) atoms. The van der Waals surface area contributed by atoms with Crippen molar-refractivity contribution in [3.8, 4) is 0 Å². The number of carbonyl (C=O) groups excluding carboxylic acids is 1. The van der Waals surface area contributed by atoms with Crippen LogP contribution in [0.4, 0.5) is 0 Å². The molecular weight excluding hydrogens is 274 g/mol. The predicted octanol–water partition coefficient (Wildman–Crippen LogP) is 3.41. The van der Waals surface area contributed by atoms with E-state index >= 15 is 0 Å². The van der Waals surface area contributed by atoms with Gasteiger partial charge in [-0.3, -0.25) is 9.69 Å². The molecule has 0 bridgehead atoms. The first kappa shape index (κ1) is 15.0. The quantitative estimate of drug-likeness (QED) is 0.810. The monoisotopic (exact) mass is 297 g/mol. The molecule has 0 aliphatic carbocycles. The van der Waals surface area contributed by atoms with Crippen molar-refractivity contribution >= 4 is 16.7 Å². The Hall–Kier alpha value is -1.87. The van der Waals surface area contributed by atoms with Crippen molar-refractivity contribution in [3.05, 3.63) is 48.0 Å². The Kier molecular flexibility index (Phi) is 4.74. The Labute approximate surface area is 131 Å². The fourth-order valence-electron chi connectivity index (χ4n) is 3.44. The second-order valence-corrected chi connectivity index (χ2v) is 5.96. The van der Waals surface area contributed by atoms with Gasteiger partial charge in [-0.05, 0) is 42.1 Å². The molecule has 1 aliphatic rings. The van der Waals surface area contributed by atoms with Crippen LogP contribution in [0.1, 0.15) is 24.8 Å². The lowest BCUT2D eigenvalue weighted by Gasteiger charge is -2.33. The lowest BCUT2D eigenvalue weighted by Crippen LogP contribution is -2.46. The van der Waals surface area contributed by atoms with Crippen molar-refractivity contribution in [2.24, 2.45) is 0 Å². The van der Waals surface area contributed by atoms with Gasteiger partial charge in [-0.25, -0.2) is 0 Å². The lowest BCUT2D eigenvalue weighted by molar-refractivity contribution is -0.148. The third-order valence-corrected chi connectivity index (χ3v) is 4.64. The SMILES string of the molecule is COC(=O)C1CCCCN1CCc1cccc2ccccc12. The van der Waals surface area contributed by atoms with E-state index < -0.39 is 0 Å². The van der Waals surface area contributed by atoms with Gasteiger partial charge in [0.25, 0.3) is 0 Å². The summed E-state index contributed by atoms with van der Waals surface area (Å²) in [7, 11) is 1.49. The minimum atomic E-state index is -0.0855. The first-order valence-electron chi connectivity index (χ1n) is 8.08. The van der Waals surface area contributed by atoms with Gasteiger partial charge in [-0.2, -0.15) is 0 Å². The molecule has 2 aromatic carbocycles. The summed E-state index contributed by atoms with van der Waals surface area (Å²) in [6, 6.07) is 14.9. The van der Waals surface area contributed by atoms with Gasteiger partial charge in [0.15, 0.2) is 0 Å². The molecular formula is C19H23NO2. The minimum absolute atomic E-state index is 0.0614. The van der Waals surface area contributed by atoms with Crippen LogP contribution < -0.4 is 0 Å². The van der Waals surface area contributed by atoms with Crippen molar-refractivity contribution in [2.75, 3.05) is 20.2 Å². The first-order chi connectivity index (χ1) is 10.8. The molecule has 0 spiro atoms. The fourth-order valence-corrected chi connectivity index (χ4v) is 3.44. The molecule has 1 saturated heterocycles. The van der Waals surface area contributed by atoms with Crippen LogP contribution in [0.3, 0.4) is 0 Å². The van der Waals surface area contributed by atoms with E-state index in [2.05, 4.69) is 47.4 Å². The molecule has 1 unspecified atom stereocenters. The van der Waals surface area contributed by atoms with Gasteiger partial charge in [-0.15, -0.1) is 0 Å². The second-order valence-electron chi connectivity index (χ2n) is 5.96. The Morgan fingerprint density at radius 3 is 2.86 bits per heavy atom. The molecule has 0 aromatic heterocycles. The van der Waals surface area contributed by atoms with Crippen molar-refractivity contribution < 1.29 is 9.53 Å². The zero-order valence-corrected chi connectivity index (χ0v) is 13.1. The molecule has 1 heterocycles. The first-order valence-corrected chi connectivity index (χ1v) is 8.08. The maximum atomic E-state index is 11.9. The third kappa shape index (κ3) is 3.14. The summed E-state index contributed by atoms with van der Waals surface area (Å²) in [5.74, 6) is -0.0855. The number of carbonyl (C=O) groups is 1. The van der Waals surface area contributed by atoms with Crippen LogP contribution in [0.5, 0.6) is 0 Å². The van der Waals surface area contributed by atoms with E-state index in [1.54, 1.807) is 0 Å². The Bertz CT molecular complexity index is 647. The van der Waals surface area contributed by atoms with E-state index in [0.717, 1.165) is 32.4 Å². The van der Waals surface area contributed by atoms with Crippen LogP contribution in [0.25, 0.3) is 10.8 Å². The Morgan fingerprint density at radius 2 is 2.00 bits per heavy atom. The zero-order valence-electron chi connectivity index (χ0n) is 13.1. The van der Waals surface area contributed by atoms with E-state index in [-0.39, 0.29) is 12.0 Å². The normalized spacial score (nSPS) is 19.2. The number of likely N-dealkylation sites (tertiary alicyclic amines) is 1. The second kappa shape index (κ2) is 6.93. The average Bonchev–Trinajstić information content (AvgIpc) is 2.59. The minimum Gasteiger partial charge on any atom is -0.468 e. The highest BCUT2D eigenvalue weighted by molar-refractivity contribution is 5.85. The average molecular weight is 297 g/mol.